The molecule has 1 aliphatic heterocycles. The van der Waals surface area contributed by atoms with Crippen molar-refractivity contribution in [3.8, 4) is 0 Å². The summed E-state index contributed by atoms with van der Waals surface area (Å²) in [6.45, 7) is 4.32. The molecule has 0 spiro atoms. The van der Waals surface area contributed by atoms with Crippen LogP contribution in [-0.2, 0) is 4.79 Å². The number of rotatable bonds is 3. The van der Waals surface area contributed by atoms with Crippen molar-refractivity contribution in [1.82, 2.24) is 10.2 Å². The van der Waals surface area contributed by atoms with E-state index in [1.807, 2.05) is 12.1 Å². The zero-order chi connectivity index (χ0) is 13.7. The zero-order valence-electron chi connectivity index (χ0n) is 10.6. The molecule has 0 unspecified atom stereocenters. The Morgan fingerprint density at radius 2 is 2.26 bits per heavy atom. The normalized spacial score (nSPS) is 16.9. The third-order valence-corrected chi connectivity index (χ3v) is 4.13. The van der Waals surface area contributed by atoms with Gasteiger partial charge in [0.25, 0.3) is 0 Å². The van der Waals surface area contributed by atoms with E-state index in [0.29, 0.717) is 11.6 Å². The van der Waals surface area contributed by atoms with E-state index in [4.69, 9.17) is 11.6 Å². The molecule has 1 heterocycles. The van der Waals surface area contributed by atoms with Gasteiger partial charge in [0.1, 0.15) is 0 Å². The first-order valence-electron chi connectivity index (χ1n) is 6.33. The quantitative estimate of drug-likeness (QED) is 0.774. The first-order valence-corrected chi connectivity index (χ1v) is 7.79. The number of hydrogen-bond donors (Lipinski definition) is 2. The van der Waals surface area contributed by atoms with Gasteiger partial charge < -0.3 is 10.6 Å². The van der Waals surface area contributed by atoms with E-state index in [1.165, 1.54) is 0 Å². The van der Waals surface area contributed by atoms with Gasteiger partial charge in [-0.1, -0.05) is 11.6 Å². The fraction of sp³-hybridized carbons (Fsp3) is 0.462. The Balaban J connectivity index is 1.89. The van der Waals surface area contributed by atoms with Crippen LogP contribution >= 0.6 is 34.2 Å². The van der Waals surface area contributed by atoms with E-state index in [0.717, 1.165) is 41.9 Å². The van der Waals surface area contributed by atoms with Crippen LogP contribution < -0.4 is 10.6 Å². The largest absolute Gasteiger partial charge is 0.324 e. The van der Waals surface area contributed by atoms with Gasteiger partial charge in [-0.25, -0.2) is 0 Å². The van der Waals surface area contributed by atoms with Crippen LogP contribution in [0.4, 0.5) is 5.69 Å². The molecule has 6 heteroatoms. The number of benzene rings is 1. The molecule has 1 aromatic carbocycles. The Morgan fingerprint density at radius 3 is 3.05 bits per heavy atom. The second-order valence-corrected chi connectivity index (χ2v) is 6.15. The van der Waals surface area contributed by atoms with Crippen molar-refractivity contribution in [2.75, 3.05) is 38.0 Å². The van der Waals surface area contributed by atoms with Gasteiger partial charge in [0, 0.05) is 21.7 Å². The monoisotopic (exact) mass is 393 g/mol. The number of anilines is 1. The van der Waals surface area contributed by atoms with E-state index in [2.05, 4.69) is 38.1 Å². The SMILES string of the molecule is O=C(CN1CCCNCC1)Nc1ccc(Cl)cc1I. The van der Waals surface area contributed by atoms with Crippen LogP contribution in [0.5, 0.6) is 0 Å². The molecule has 2 N–H and O–H groups in total. The average Bonchev–Trinajstić information content (AvgIpc) is 2.61. The Kier molecular flexibility index (Phi) is 5.87. The molecule has 1 aromatic rings. The van der Waals surface area contributed by atoms with E-state index in [1.54, 1.807) is 6.07 Å². The minimum atomic E-state index is 0.0298. The molecule has 0 aliphatic carbocycles. The Bertz CT molecular complexity index is 448. The van der Waals surface area contributed by atoms with E-state index >= 15 is 0 Å². The molecule has 19 heavy (non-hydrogen) atoms. The van der Waals surface area contributed by atoms with Crippen molar-refractivity contribution in [3.05, 3.63) is 26.8 Å². The lowest BCUT2D eigenvalue weighted by molar-refractivity contribution is -0.117. The number of carbonyl (C=O) groups excluding carboxylic acids is 1. The van der Waals surface area contributed by atoms with Crippen LogP contribution in [-0.4, -0.2) is 43.5 Å². The predicted octanol–water partition coefficient (Wildman–Crippen LogP) is 2.18. The highest BCUT2D eigenvalue weighted by Crippen LogP contribution is 2.22. The smallest absolute Gasteiger partial charge is 0.238 e. The molecular formula is C13H17ClIN3O. The fourth-order valence-electron chi connectivity index (χ4n) is 2.04. The maximum atomic E-state index is 12.0. The molecule has 0 bridgehead atoms. The van der Waals surface area contributed by atoms with Crippen LogP contribution in [0.2, 0.25) is 5.02 Å². The summed E-state index contributed by atoms with van der Waals surface area (Å²) in [5, 5.41) is 6.95. The molecule has 1 amide bonds. The number of nitrogens with zero attached hydrogens (tertiary/aromatic N) is 1. The first kappa shape index (κ1) is 15.0. The van der Waals surface area contributed by atoms with Crippen LogP contribution in [0.1, 0.15) is 6.42 Å². The topological polar surface area (TPSA) is 44.4 Å². The predicted molar refractivity (Wildman–Crippen MR) is 86.7 cm³/mol. The Hall–Kier alpha value is -0.370. The zero-order valence-corrected chi connectivity index (χ0v) is 13.5. The van der Waals surface area contributed by atoms with Gasteiger partial charge in [0.05, 0.1) is 12.2 Å². The van der Waals surface area contributed by atoms with Gasteiger partial charge in [0.2, 0.25) is 5.91 Å². The molecule has 2 rings (SSSR count). The number of nitrogens with one attached hydrogen (secondary N) is 2. The summed E-state index contributed by atoms with van der Waals surface area (Å²) in [5.74, 6) is 0.0298. The minimum absolute atomic E-state index is 0.0298. The van der Waals surface area contributed by atoms with Crippen molar-refractivity contribution in [2.24, 2.45) is 0 Å². The van der Waals surface area contributed by atoms with Crippen molar-refractivity contribution in [3.63, 3.8) is 0 Å². The van der Waals surface area contributed by atoms with E-state index < -0.39 is 0 Å². The van der Waals surface area contributed by atoms with E-state index in [9.17, 15) is 4.79 Å². The summed E-state index contributed by atoms with van der Waals surface area (Å²) in [5.41, 5.74) is 0.822. The van der Waals surface area contributed by atoms with Crippen molar-refractivity contribution >= 4 is 45.8 Å². The highest BCUT2D eigenvalue weighted by Gasteiger charge is 2.13. The molecule has 0 saturated carbocycles. The Labute approximate surface area is 132 Å². The fourth-order valence-corrected chi connectivity index (χ4v) is 3.05. The maximum absolute atomic E-state index is 12.0. The lowest BCUT2D eigenvalue weighted by atomic mass is 10.3. The van der Waals surface area contributed by atoms with Gasteiger partial charge in [-0.3, -0.25) is 9.69 Å². The first-order chi connectivity index (χ1) is 9.15. The maximum Gasteiger partial charge on any atom is 0.238 e. The summed E-state index contributed by atoms with van der Waals surface area (Å²) in [4.78, 5) is 14.2. The second kappa shape index (κ2) is 7.42. The van der Waals surface area contributed by atoms with Gasteiger partial charge in [-0.15, -0.1) is 0 Å². The van der Waals surface area contributed by atoms with Crippen LogP contribution in [0.15, 0.2) is 18.2 Å². The lowest BCUT2D eigenvalue weighted by Crippen LogP contribution is -2.35. The van der Waals surface area contributed by atoms with E-state index in [-0.39, 0.29) is 5.91 Å². The molecule has 0 atom stereocenters. The molecule has 1 saturated heterocycles. The van der Waals surface area contributed by atoms with Crippen molar-refractivity contribution in [1.29, 1.82) is 0 Å². The highest BCUT2D eigenvalue weighted by molar-refractivity contribution is 14.1. The second-order valence-electron chi connectivity index (χ2n) is 4.55. The van der Waals surface area contributed by atoms with Crippen LogP contribution in [0.25, 0.3) is 0 Å². The third-order valence-electron chi connectivity index (χ3n) is 3.01. The molecule has 1 fully saturated rings. The third kappa shape index (κ3) is 4.91. The average molecular weight is 394 g/mol. The highest BCUT2D eigenvalue weighted by atomic mass is 127. The number of carbonyl (C=O) groups is 1. The number of hydrogen-bond acceptors (Lipinski definition) is 3. The summed E-state index contributed by atoms with van der Waals surface area (Å²) >= 11 is 8.07. The summed E-state index contributed by atoms with van der Waals surface area (Å²) in [6.07, 6.45) is 1.09. The van der Waals surface area contributed by atoms with Gasteiger partial charge in [-0.05, 0) is 60.3 Å². The van der Waals surface area contributed by atoms with Gasteiger partial charge >= 0.3 is 0 Å². The molecule has 4 nitrogen and oxygen atoms in total. The summed E-state index contributed by atoms with van der Waals surface area (Å²) in [7, 11) is 0. The van der Waals surface area contributed by atoms with Crippen molar-refractivity contribution in [2.45, 2.75) is 6.42 Å². The molecule has 1 aliphatic rings. The molecular weight excluding hydrogens is 377 g/mol. The summed E-state index contributed by atoms with van der Waals surface area (Å²) < 4.78 is 0.955. The minimum Gasteiger partial charge on any atom is -0.324 e. The van der Waals surface area contributed by atoms with Gasteiger partial charge in [-0.2, -0.15) is 0 Å². The van der Waals surface area contributed by atoms with Crippen LogP contribution in [0.3, 0.4) is 0 Å². The van der Waals surface area contributed by atoms with Gasteiger partial charge in [0.15, 0.2) is 0 Å². The number of amides is 1. The molecule has 104 valence electrons. The Morgan fingerprint density at radius 1 is 1.42 bits per heavy atom. The summed E-state index contributed by atoms with van der Waals surface area (Å²) in [6, 6.07) is 5.47. The standard InChI is InChI=1S/C13H17ClIN3O/c14-10-2-3-12(11(15)8-10)17-13(19)9-18-6-1-4-16-5-7-18/h2-3,8,16H,1,4-7,9H2,(H,17,19). The molecule has 0 radical (unpaired) electrons. The molecule has 0 aromatic heterocycles. The van der Waals surface area contributed by atoms with Crippen LogP contribution in [0, 0.1) is 3.57 Å². The van der Waals surface area contributed by atoms with Crippen molar-refractivity contribution < 1.29 is 4.79 Å². The lowest BCUT2D eigenvalue weighted by Gasteiger charge is -2.19. The number of halogens is 2.